The minimum absolute atomic E-state index is 0.103. The summed E-state index contributed by atoms with van der Waals surface area (Å²) in [6.07, 6.45) is 2.23. The molecule has 0 saturated heterocycles. The van der Waals surface area contributed by atoms with E-state index in [0.29, 0.717) is 6.61 Å². The molecule has 0 aliphatic rings. The summed E-state index contributed by atoms with van der Waals surface area (Å²) in [5.74, 6) is 0. The Morgan fingerprint density at radius 2 is 1.70 bits per heavy atom. The van der Waals surface area contributed by atoms with Crippen LogP contribution in [0.4, 0.5) is 0 Å². The van der Waals surface area contributed by atoms with Crippen LogP contribution in [0.1, 0.15) is 45.6 Å². The number of phosphoric ester groups is 1. The molecule has 1 aromatic rings. The zero-order chi connectivity index (χ0) is 14.8. The highest BCUT2D eigenvalue weighted by Crippen LogP contribution is 2.52. The van der Waals surface area contributed by atoms with Crippen molar-refractivity contribution in [1.29, 1.82) is 0 Å². The molecule has 0 fully saturated rings. The smallest absolute Gasteiger partial charge is 0.287 e. The lowest BCUT2D eigenvalue weighted by Gasteiger charge is -2.22. The van der Waals surface area contributed by atoms with Gasteiger partial charge in [-0.1, -0.05) is 51.1 Å². The maximum absolute atomic E-state index is 12.6. The fourth-order valence-corrected chi connectivity index (χ4v) is 3.22. The fourth-order valence-electron chi connectivity index (χ4n) is 1.65. The molecule has 1 unspecified atom stereocenters. The Morgan fingerprint density at radius 1 is 1.05 bits per heavy atom. The third-order valence-corrected chi connectivity index (χ3v) is 4.38. The van der Waals surface area contributed by atoms with E-state index < -0.39 is 7.82 Å². The van der Waals surface area contributed by atoms with Gasteiger partial charge in [-0.15, -0.1) is 0 Å². The summed E-state index contributed by atoms with van der Waals surface area (Å²) < 4.78 is 29.0. The van der Waals surface area contributed by atoms with Crippen LogP contribution in [-0.2, 0) is 24.7 Å². The lowest BCUT2D eigenvalue weighted by atomic mass is 10.2. The van der Waals surface area contributed by atoms with Gasteiger partial charge >= 0.3 is 7.82 Å². The summed E-state index contributed by atoms with van der Waals surface area (Å²) in [6, 6.07) is 9.59. The number of phosphoric acid groups is 1. The van der Waals surface area contributed by atoms with E-state index in [-0.39, 0.29) is 12.7 Å². The Morgan fingerprint density at radius 3 is 2.25 bits per heavy atom. The zero-order valence-corrected chi connectivity index (χ0v) is 13.5. The van der Waals surface area contributed by atoms with Crippen LogP contribution in [0.5, 0.6) is 0 Å². The number of rotatable bonds is 10. The van der Waals surface area contributed by atoms with E-state index >= 15 is 0 Å². The molecule has 0 aromatic heterocycles. The quantitative estimate of drug-likeness (QED) is 0.574. The van der Waals surface area contributed by atoms with E-state index in [1.807, 2.05) is 51.1 Å². The molecule has 20 heavy (non-hydrogen) atoms. The molecule has 0 aliphatic carbocycles. The Balaban J connectivity index is 2.64. The van der Waals surface area contributed by atoms with Crippen molar-refractivity contribution in [3.8, 4) is 0 Å². The molecule has 0 aliphatic heterocycles. The van der Waals surface area contributed by atoms with Gasteiger partial charge in [-0.3, -0.25) is 13.6 Å². The van der Waals surface area contributed by atoms with Crippen molar-refractivity contribution in [2.75, 3.05) is 6.61 Å². The van der Waals surface area contributed by atoms with Gasteiger partial charge < -0.3 is 0 Å². The summed E-state index contributed by atoms with van der Waals surface area (Å²) in [7, 11) is -3.49. The predicted octanol–water partition coefficient (Wildman–Crippen LogP) is 4.94. The van der Waals surface area contributed by atoms with Crippen LogP contribution in [-0.4, -0.2) is 12.7 Å². The van der Waals surface area contributed by atoms with Gasteiger partial charge in [-0.05, 0) is 24.8 Å². The minimum atomic E-state index is -3.49. The lowest BCUT2D eigenvalue weighted by molar-refractivity contribution is 0.0706. The lowest BCUT2D eigenvalue weighted by Crippen LogP contribution is -2.12. The molecule has 0 bridgehead atoms. The van der Waals surface area contributed by atoms with Gasteiger partial charge in [0.1, 0.15) is 0 Å². The third kappa shape index (κ3) is 6.19. The molecule has 0 N–H and O–H groups in total. The van der Waals surface area contributed by atoms with Crippen LogP contribution in [0.25, 0.3) is 0 Å². The maximum Gasteiger partial charge on any atom is 0.475 e. The van der Waals surface area contributed by atoms with Gasteiger partial charge in [0.25, 0.3) is 0 Å². The second-order valence-electron chi connectivity index (χ2n) is 4.58. The minimum Gasteiger partial charge on any atom is -0.287 e. The van der Waals surface area contributed by atoms with E-state index in [1.54, 1.807) is 0 Å². The van der Waals surface area contributed by atoms with Gasteiger partial charge in [-0.2, -0.15) is 0 Å². The second kappa shape index (κ2) is 9.30. The van der Waals surface area contributed by atoms with Crippen LogP contribution < -0.4 is 0 Å². The first-order valence-corrected chi connectivity index (χ1v) is 8.71. The van der Waals surface area contributed by atoms with Crippen molar-refractivity contribution in [1.82, 2.24) is 0 Å². The van der Waals surface area contributed by atoms with E-state index in [4.69, 9.17) is 13.6 Å². The van der Waals surface area contributed by atoms with Crippen LogP contribution in [0, 0.1) is 0 Å². The number of hydrogen-bond acceptors (Lipinski definition) is 4. The van der Waals surface area contributed by atoms with Crippen molar-refractivity contribution in [3.63, 3.8) is 0 Å². The molecule has 1 atom stereocenters. The Hall–Kier alpha value is -0.670. The molecule has 0 saturated carbocycles. The SMILES string of the molecule is CCCOP(=O)(OCc1ccccc1)OC(CC)CC. The van der Waals surface area contributed by atoms with Gasteiger partial charge in [0.2, 0.25) is 0 Å². The molecule has 0 spiro atoms. The zero-order valence-electron chi connectivity index (χ0n) is 12.6. The molecule has 1 rings (SSSR count). The fraction of sp³-hybridized carbons (Fsp3) is 0.600. The van der Waals surface area contributed by atoms with Gasteiger partial charge in [0, 0.05) is 0 Å². The van der Waals surface area contributed by atoms with Crippen molar-refractivity contribution < 1.29 is 18.1 Å². The van der Waals surface area contributed by atoms with Gasteiger partial charge in [0.05, 0.1) is 19.3 Å². The first-order chi connectivity index (χ1) is 9.63. The average molecular weight is 300 g/mol. The summed E-state index contributed by atoms with van der Waals surface area (Å²) in [5.41, 5.74) is 0.945. The standard InChI is InChI=1S/C15H25O4P/c1-4-12-17-20(16,19-15(5-2)6-3)18-13-14-10-8-7-9-11-14/h7-11,15H,4-6,12-13H2,1-3H3. The van der Waals surface area contributed by atoms with Crippen LogP contribution in [0.3, 0.4) is 0 Å². The van der Waals surface area contributed by atoms with Crippen molar-refractivity contribution in [2.45, 2.75) is 52.7 Å². The van der Waals surface area contributed by atoms with Crippen LogP contribution in [0.2, 0.25) is 0 Å². The van der Waals surface area contributed by atoms with E-state index in [9.17, 15) is 4.57 Å². The van der Waals surface area contributed by atoms with Crippen molar-refractivity contribution >= 4 is 7.82 Å². The second-order valence-corrected chi connectivity index (χ2v) is 6.21. The molecule has 0 radical (unpaired) electrons. The normalized spacial score (nSPS) is 14.4. The molecular formula is C15H25O4P. The van der Waals surface area contributed by atoms with Crippen LogP contribution in [0.15, 0.2) is 30.3 Å². The number of benzene rings is 1. The molecule has 5 heteroatoms. The Bertz CT molecular complexity index is 404. The summed E-state index contributed by atoms with van der Waals surface area (Å²) in [4.78, 5) is 0. The van der Waals surface area contributed by atoms with Crippen LogP contribution >= 0.6 is 7.82 Å². The first kappa shape index (κ1) is 17.4. The average Bonchev–Trinajstić information content (AvgIpc) is 2.50. The topological polar surface area (TPSA) is 44.8 Å². The van der Waals surface area contributed by atoms with E-state index in [1.165, 1.54) is 0 Å². The molecule has 0 amide bonds. The monoisotopic (exact) mass is 300 g/mol. The highest BCUT2D eigenvalue weighted by atomic mass is 31.2. The largest absolute Gasteiger partial charge is 0.475 e. The molecule has 1 aromatic carbocycles. The molecular weight excluding hydrogens is 275 g/mol. The van der Waals surface area contributed by atoms with E-state index in [2.05, 4.69) is 0 Å². The van der Waals surface area contributed by atoms with Crippen molar-refractivity contribution in [3.05, 3.63) is 35.9 Å². The van der Waals surface area contributed by atoms with E-state index in [0.717, 1.165) is 24.8 Å². The highest BCUT2D eigenvalue weighted by molar-refractivity contribution is 7.48. The molecule has 0 heterocycles. The predicted molar refractivity (Wildman–Crippen MR) is 80.5 cm³/mol. The summed E-state index contributed by atoms with van der Waals surface area (Å²) in [5, 5.41) is 0. The maximum atomic E-state index is 12.6. The summed E-state index contributed by atoms with van der Waals surface area (Å²) in [6.45, 7) is 6.54. The Labute approximate surface area is 122 Å². The van der Waals surface area contributed by atoms with Gasteiger partial charge in [-0.25, -0.2) is 4.57 Å². The molecule has 4 nitrogen and oxygen atoms in total. The first-order valence-electron chi connectivity index (χ1n) is 7.25. The summed E-state index contributed by atoms with van der Waals surface area (Å²) >= 11 is 0. The van der Waals surface area contributed by atoms with Crippen molar-refractivity contribution in [2.24, 2.45) is 0 Å². The van der Waals surface area contributed by atoms with Gasteiger partial charge in [0.15, 0.2) is 0 Å². The Kier molecular flexibility index (Phi) is 8.08. The third-order valence-electron chi connectivity index (χ3n) is 2.87. The number of hydrogen-bond donors (Lipinski definition) is 0. The molecule has 114 valence electrons. The highest BCUT2D eigenvalue weighted by Gasteiger charge is 2.29.